The Kier molecular flexibility index (Phi) is 7.15. The number of halogens is 3. The summed E-state index contributed by atoms with van der Waals surface area (Å²) in [5, 5.41) is 6.48. The van der Waals surface area contributed by atoms with E-state index in [1.54, 1.807) is 44.2 Å². The van der Waals surface area contributed by atoms with Crippen LogP contribution < -0.4 is 15.4 Å². The number of aryl methyl sites for hydroxylation is 1. The summed E-state index contributed by atoms with van der Waals surface area (Å²) >= 11 is 18.7. The fourth-order valence-corrected chi connectivity index (χ4v) is 3.67. The van der Waals surface area contributed by atoms with Crippen molar-refractivity contribution in [2.75, 3.05) is 17.2 Å². The van der Waals surface area contributed by atoms with Gasteiger partial charge in [0.15, 0.2) is 18.1 Å². The molecule has 1 aromatic heterocycles. The largest absolute Gasteiger partial charge is 0.481 e. The molecule has 2 N–H and O–H groups in total. The van der Waals surface area contributed by atoms with Gasteiger partial charge in [-0.3, -0.25) is 9.59 Å². The van der Waals surface area contributed by atoms with Crippen LogP contribution in [0.25, 0.3) is 0 Å². The third kappa shape index (κ3) is 5.15. The Morgan fingerprint density at radius 2 is 1.65 bits per heavy atom. The number of carbonyl (C=O) groups is 2. The molecule has 0 bridgehead atoms. The monoisotopic (exact) mass is 480 g/mol. The number of carbonyl (C=O) groups excluding carboxylic acids is 2. The van der Waals surface area contributed by atoms with Gasteiger partial charge >= 0.3 is 0 Å². The van der Waals surface area contributed by atoms with E-state index in [9.17, 15) is 9.59 Å². The van der Waals surface area contributed by atoms with E-state index in [2.05, 4.69) is 10.6 Å². The molecule has 0 aliphatic carbocycles. The first-order valence-electron chi connectivity index (χ1n) is 9.20. The van der Waals surface area contributed by atoms with Crippen LogP contribution in [0.2, 0.25) is 15.1 Å². The van der Waals surface area contributed by atoms with Crippen LogP contribution in [0.1, 0.15) is 27.2 Å². The number of amides is 2. The number of anilines is 2. The number of hydrogen-bond donors (Lipinski definition) is 2. The SMILES string of the molecule is Cc1cc(NC(=O)COc2c(Cl)c(C)c(Cl)c(C)c2Cl)ccc1NC(=O)c1ccco1. The maximum atomic E-state index is 12.3. The second-order valence-electron chi connectivity index (χ2n) is 6.82. The first-order chi connectivity index (χ1) is 14.7. The molecule has 0 saturated heterocycles. The molecule has 0 fully saturated rings. The molecule has 0 saturated carbocycles. The minimum absolute atomic E-state index is 0.207. The van der Waals surface area contributed by atoms with Gasteiger partial charge in [0, 0.05) is 16.4 Å². The highest BCUT2D eigenvalue weighted by Gasteiger charge is 2.19. The molecule has 3 aromatic rings. The summed E-state index contributed by atoms with van der Waals surface area (Å²) in [7, 11) is 0. The molecule has 0 atom stereocenters. The molecule has 6 nitrogen and oxygen atoms in total. The van der Waals surface area contributed by atoms with Crippen molar-refractivity contribution < 1.29 is 18.7 Å². The normalized spacial score (nSPS) is 10.6. The molecular formula is C22H19Cl3N2O4. The predicted molar refractivity (Wildman–Crippen MR) is 123 cm³/mol. The number of benzene rings is 2. The molecule has 0 spiro atoms. The molecule has 2 aromatic carbocycles. The van der Waals surface area contributed by atoms with Crippen molar-refractivity contribution in [1.82, 2.24) is 0 Å². The Balaban J connectivity index is 1.64. The lowest BCUT2D eigenvalue weighted by Gasteiger charge is -2.15. The summed E-state index contributed by atoms with van der Waals surface area (Å²) in [5.74, 6) is -0.339. The minimum Gasteiger partial charge on any atom is -0.481 e. The Morgan fingerprint density at radius 3 is 2.23 bits per heavy atom. The lowest BCUT2D eigenvalue weighted by Crippen LogP contribution is -2.20. The summed E-state index contributed by atoms with van der Waals surface area (Å²) in [4.78, 5) is 24.5. The summed E-state index contributed by atoms with van der Waals surface area (Å²) in [6.45, 7) is 5.00. The molecule has 0 aliphatic heterocycles. The second-order valence-corrected chi connectivity index (χ2v) is 7.95. The van der Waals surface area contributed by atoms with Gasteiger partial charge in [0.1, 0.15) is 0 Å². The van der Waals surface area contributed by atoms with Crippen molar-refractivity contribution in [3.05, 3.63) is 74.1 Å². The number of rotatable bonds is 6. The first kappa shape index (κ1) is 23.0. The molecule has 0 aliphatic rings. The van der Waals surface area contributed by atoms with E-state index in [0.717, 1.165) is 5.56 Å². The Morgan fingerprint density at radius 1 is 0.968 bits per heavy atom. The van der Waals surface area contributed by atoms with Crippen LogP contribution in [0.4, 0.5) is 11.4 Å². The molecule has 162 valence electrons. The van der Waals surface area contributed by atoms with Crippen LogP contribution in [0.5, 0.6) is 5.75 Å². The van der Waals surface area contributed by atoms with Gasteiger partial charge in [-0.1, -0.05) is 34.8 Å². The Hall–Kier alpha value is -2.67. The molecular weight excluding hydrogens is 463 g/mol. The van der Waals surface area contributed by atoms with E-state index in [1.165, 1.54) is 6.26 Å². The third-order valence-electron chi connectivity index (χ3n) is 4.57. The second kappa shape index (κ2) is 9.64. The lowest BCUT2D eigenvalue weighted by molar-refractivity contribution is -0.118. The van der Waals surface area contributed by atoms with Gasteiger partial charge in [0.25, 0.3) is 11.8 Å². The van der Waals surface area contributed by atoms with Crippen LogP contribution in [-0.4, -0.2) is 18.4 Å². The zero-order valence-corrected chi connectivity index (χ0v) is 19.2. The van der Waals surface area contributed by atoms with Crippen molar-refractivity contribution in [2.24, 2.45) is 0 Å². The average molecular weight is 482 g/mol. The topological polar surface area (TPSA) is 80.6 Å². The summed E-state index contributed by atoms with van der Waals surface area (Å²) in [5.41, 5.74) is 3.16. The van der Waals surface area contributed by atoms with Gasteiger partial charge in [-0.15, -0.1) is 0 Å². The van der Waals surface area contributed by atoms with Crippen LogP contribution >= 0.6 is 34.8 Å². The zero-order chi connectivity index (χ0) is 22.7. The number of nitrogens with one attached hydrogen (secondary N) is 2. The van der Waals surface area contributed by atoms with E-state index < -0.39 is 5.91 Å². The number of furan rings is 1. The maximum absolute atomic E-state index is 12.3. The Bertz CT molecular complexity index is 1120. The van der Waals surface area contributed by atoms with Gasteiger partial charge in [0.2, 0.25) is 0 Å². The highest BCUT2D eigenvalue weighted by molar-refractivity contribution is 6.42. The van der Waals surface area contributed by atoms with Gasteiger partial charge in [0.05, 0.1) is 16.3 Å². The van der Waals surface area contributed by atoms with Crippen LogP contribution in [-0.2, 0) is 4.79 Å². The van der Waals surface area contributed by atoms with Gasteiger partial charge in [-0.25, -0.2) is 0 Å². The van der Waals surface area contributed by atoms with Crippen molar-refractivity contribution >= 4 is 58.0 Å². The van der Waals surface area contributed by atoms with Crippen molar-refractivity contribution in [3.8, 4) is 5.75 Å². The molecule has 2 amide bonds. The molecule has 9 heteroatoms. The zero-order valence-electron chi connectivity index (χ0n) is 16.9. The molecule has 1 heterocycles. The van der Waals surface area contributed by atoms with Gasteiger partial charge in [-0.2, -0.15) is 0 Å². The van der Waals surface area contributed by atoms with E-state index in [0.29, 0.717) is 27.5 Å². The molecule has 0 radical (unpaired) electrons. The fraction of sp³-hybridized carbons (Fsp3) is 0.182. The van der Waals surface area contributed by atoms with Gasteiger partial charge < -0.3 is 19.8 Å². The number of hydrogen-bond acceptors (Lipinski definition) is 4. The summed E-state index contributed by atoms with van der Waals surface area (Å²) in [6, 6.07) is 8.29. The lowest BCUT2D eigenvalue weighted by atomic mass is 10.1. The van der Waals surface area contributed by atoms with Crippen LogP contribution in [0.15, 0.2) is 41.0 Å². The van der Waals surface area contributed by atoms with E-state index in [-0.39, 0.29) is 34.1 Å². The molecule has 31 heavy (non-hydrogen) atoms. The number of ether oxygens (including phenoxy) is 1. The molecule has 0 unspecified atom stereocenters. The van der Waals surface area contributed by atoms with Crippen LogP contribution in [0.3, 0.4) is 0 Å². The molecule has 3 rings (SSSR count). The van der Waals surface area contributed by atoms with Crippen LogP contribution in [0, 0.1) is 20.8 Å². The van der Waals surface area contributed by atoms with Gasteiger partial charge in [-0.05, 0) is 67.8 Å². The highest BCUT2D eigenvalue weighted by Crippen LogP contribution is 2.42. The summed E-state index contributed by atoms with van der Waals surface area (Å²) < 4.78 is 10.6. The Labute approximate surface area is 194 Å². The predicted octanol–water partition coefficient (Wildman–Crippen LogP) is 6.43. The first-order valence-corrected chi connectivity index (χ1v) is 10.3. The highest BCUT2D eigenvalue weighted by atomic mass is 35.5. The quantitative estimate of drug-likeness (QED) is 0.425. The van der Waals surface area contributed by atoms with E-state index >= 15 is 0 Å². The minimum atomic E-state index is -0.399. The van der Waals surface area contributed by atoms with E-state index in [1.807, 2.05) is 6.92 Å². The third-order valence-corrected chi connectivity index (χ3v) is 6.04. The average Bonchev–Trinajstić information content (AvgIpc) is 3.28. The smallest absolute Gasteiger partial charge is 0.291 e. The summed E-state index contributed by atoms with van der Waals surface area (Å²) in [6.07, 6.45) is 1.43. The van der Waals surface area contributed by atoms with E-state index in [4.69, 9.17) is 44.0 Å². The van der Waals surface area contributed by atoms with Crippen molar-refractivity contribution in [1.29, 1.82) is 0 Å². The fourth-order valence-electron chi connectivity index (χ4n) is 2.85. The maximum Gasteiger partial charge on any atom is 0.291 e. The standard InChI is InChI=1S/C22H19Cl3N2O4/c1-11-9-14(6-7-15(11)27-22(29)16-5-4-8-30-16)26-17(28)10-31-21-19(24)12(2)18(23)13(3)20(21)25/h4-9H,10H2,1-3H3,(H,26,28)(H,27,29). The van der Waals surface area contributed by atoms with Crippen molar-refractivity contribution in [3.63, 3.8) is 0 Å². The van der Waals surface area contributed by atoms with Crippen molar-refractivity contribution in [2.45, 2.75) is 20.8 Å².